The van der Waals surface area contributed by atoms with E-state index >= 15 is 0 Å². The summed E-state index contributed by atoms with van der Waals surface area (Å²) in [5, 5.41) is 13.0. The maximum Gasteiger partial charge on any atom is 0.295 e. The first-order chi connectivity index (χ1) is 15.1. The summed E-state index contributed by atoms with van der Waals surface area (Å²) in [5.74, 6) is -0.732. The first-order valence-electron chi connectivity index (χ1n) is 9.64. The molecule has 1 fully saturated rings. The Morgan fingerprint density at radius 2 is 1.77 bits per heavy atom. The SMILES string of the molecule is COc1cccc(C2/C(=C(\O)c3ccccc3)C(=O)C(=O)N2Cc2cccs2)c1OC. The van der Waals surface area contributed by atoms with Crippen molar-refractivity contribution in [1.29, 1.82) is 0 Å². The Morgan fingerprint density at radius 3 is 2.42 bits per heavy atom. The van der Waals surface area contributed by atoms with Gasteiger partial charge in [-0.3, -0.25) is 9.59 Å². The molecule has 4 rings (SSSR count). The van der Waals surface area contributed by atoms with E-state index in [1.807, 2.05) is 23.6 Å². The molecule has 1 saturated heterocycles. The highest BCUT2D eigenvalue weighted by molar-refractivity contribution is 7.09. The fourth-order valence-corrected chi connectivity index (χ4v) is 4.52. The zero-order chi connectivity index (χ0) is 22.0. The fourth-order valence-electron chi connectivity index (χ4n) is 3.82. The normalized spacial score (nSPS) is 17.7. The molecule has 0 aliphatic carbocycles. The number of hydrogen-bond acceptors (Lipinski definition) is 6. The molecule has 2 aromatic carbocycles. The maximum atomic E-state index is 13.1. The summed E-state index contributed by atoms with van der Waals surface area (Å²) in [6.45, 7) is 0.235. The van der Waals surface area contributed by atoms with Gasteiger partial charge in [-0.15, -0.1) is 11.3 Å². The van der Waals surface area contributed by atoms with Crippen molar-refractivity contribution in [2.24, 2.45) is 0 Å². The topological polar surface area (TPSA) is 76.1 Å². The van der Waals surface area contributed by atoms with E-state index in [1.54, 1.807) is 42.5 Å². The molecule has 0 saturated carbocycles. The van der Waals surface area contributed by atoms with Gasteiger partial charge in [0.15, 0.2) is 11.5 Å². The summed E-state index contributed by atoms with van der Waals surface area (Å²) in [6.07, 6.45) is 0. The molecular weight excluding hydrogens is 414 g/mol. The number of aliphatic hydroxyl groups is 1. The molecular formula is C24H21NO5S. The number of amides is 1. The summed E-state index contributed by atoms with van der Waals surface area (Å²) < 4.78 is 11.0. The first-order valence-corrected chi connectivity index (χ1v) is 10.5. The summed E-state index contributed by atoms with van der Waals surface area (Å²) in [5.41, 5.74) is 1.05. The molecule has 1 unspecified atom stereocenters. The van der Waals surface area contributed by atoms with Crippen molar-refractivity contribution >= 4 is 28.8 Å². The van der Waals surface area contributed by atoms with Crippen molar-refractivity contribution in [2.75, 3.05) is 14.2 Å². The molecule has 7 heteroatoms. The lowest BCUT2D eigenvalue weighted by molar-refractivity contribution is -0.140. The number of carbonyl (C=O) groups excluding carboxylic acids is 2. The first kappa shape index (κ1) is 20.7. The Morgan fingerprint density at radius 1 is 1.00 bits per heavy atom. The molecule has 1 atom stereocenters. The number of thiophene rings is 1. The third-order valence-corrected chi connectivity index (χ3v) is 6.08. The van der Waals surface area contributed by atoms with Gasteiger partial charge in [-0.1, -0.05) is 48.5 Å². The maximum absolute atomic E-state index is 13.1. The lowest BCUT2D eigenvalue weighted by Gasteiger charge is -2.26. The number of carbonyl (C=O) groups is 2. The number of likely N-dealkylation sites (tertiary alicyclic amines) is 1. The van der Waals surface area contributed by atoms with Crippen LogP contribution < -0.4 is 9.47 Å². The molecule has 3 aromatic rings. The second-order valence-electron chi connectivity index (χ2n) is 6.96. The molecule has 1 amide bonds. The Kier molecular flexibility index (Phi) is 5.77. The molecule has 31 heavy (non-hydrogen) atoms. The summed E-state index contributed by atoms with van der Waals surface area (Å²) >= 11 is 1.49. The molecule has 1 N–H and O–H groups in total. The van der Waals surface area contributed by atoms with Crippen molar-refractivity contribution in [3.8, 4) is 11.5 Å². The van der Waals surface area contributed by atoms with Gasteiger partial charge >= 0.3 is 0 Å². The zero-order valence-corrected chi connectivity index (χ0v) is 17.9. The van der Waals surface area contributed by atoms with E-state index in [2.05, 4.69) is 0 Å². The average molecular weight is 436 g/mol. The van der Waals surface area contributed by atoms with Gasteiger partial charge in [-0.05, 0) is 17.5 Å². The highest BCUT2D eigenvalue weighted by Crippen LogP contribution is 2.46. The number of hydrogen-bond donors (Lipinski definition) is 1. The number of ketones is 1. The van der Waals surface area contributed by atoms with Crippen LogP contribution in [0.4, 0.5) is 0 Å². The predicted molar refractivity (Wildman–Crippen MR) is 118 cm³/mol. The van der Waals surface area contributed by atoms with Crippen molar-refractivity contribution in [1.82, 2.24) is 4.90 Å². The van der Waals surface area contributed by atoms with E-state index in [0.717, 1.165) is 4.88 Å². The van der Waals surface area contributed by atoms with Gasteiger partial charge in [-0.2, -0.15) is 0 Å². The molecule has 0 bridgehead atoms. The Hall–Kier alpha value is -3.58. The molecule has 0 spiro atoms. The smallest absolute Gasteiger partial charge is 0.295 e. The lowest BCUT2D eigenvalue weighted by atomic mass is 9.94. The van der Waals surface area contributed by atoms with Gasteiger partial charge in [0.05, 0.1) is 32.4 Å². The number of nitrogens with zero attached hydrogens (tertiary/aromatic N) is 1. The van der Waals surface area contributed by atoms with E-state index in [0.29, 0.717) is 22.6 Å². The standard InChI is InChI=1S/C24H21NO5S/c1-29-18-12-6-11-17(23(18)30-2)20-19(21(26)15-8-4-3-5-9-15)22(27)24(28)25(20)14-16-10-7-13-31-16/h3-13,20,26H,14H2,1-2H3/b21-19+. The van der Waals surface area contributed by atoms with Gasteiger partial charge in [0.25, 0.3) is 11.7 Å². The Balaban J connectivity index is 1.94. The largest absolute Gasteiger partial charge is 0.507 e. The van der Waals surface area contributed by atoms with Gasteiger partial charge in [-0.25, -0.2) is 0 Å². The van der Waals surface area contributed by atoms with Gasteiger partial charge in [0.1, 0.15) is 5.76 Å². The summed E-state index contributed by atoms with van der Waals surface area (Å²) in [4.78, 5) is 28.6. The van der Waals surface area contributed by atoms with Crippen molar-refractivity contribution in [3.05, 3.63) is 87.6 Å². The Bertz CT molecular complexity index is 1140. The van der Waals surface area contributed by atoms with Crippen LogP contribution in [0.2, 0.25) is 0 Å². The molecule has 0 radical (unpaired) electrons. The second-order valence-corrected chi connectivity index (χ2v) is 7.99. The van der Waals surface area contributed by atoms with E-state index in [-0.39, 0.29) is 17.9 Å². The number of para-hydroxylation sites is 1. The van der Waals surface area contributed by atoms with Crippen LogP contribution in [-0.4, -0.2) is 35.9 Å². The van der Waals surface area contributed by atoms with Crippen LogP contribution >= 0.6 is 11.3 Å². The molecule has 1 aliphatic rings. The monoisotopic (exact) mass is 435 g/mol. The Labute approximate surface area is 184 Å². The summed E-state index contributed by atoms with van der Waals surface area (Å²) in [6, 6.07) is 17.0. The third-order valence-electron chi connectivity index (χ3n) is 5.22. The van der Waals surface area contributed by atoms with Gasteiger partial charge in [0, 0.05) is 16.0 Å². The van der Waals surface area contributed by atoms with Crippen molar-refractivity contribution < 1.29 is 24.2 Å². The van der Waals surface area contributed by atoms with E-state index in [4.69, 9.17) is 9.47 Å². The van der Waals surface area contributed by atoms with Gasteiger partial charge in [0.2, 0.25) is 0 Å². The minimum atomic E-state index is -0.827. The minimum absolute atomic E-state index is 0.0271. The van der Waals surface area contributed by atoms with E-state index < -0.39 is 17.7 Å². The quantitative estimate of drug-likeness (QED) is 0.353. The number of rotatable bonds is 6. The van der Waals surface area contributed by atoms with Crippen LogP contribution in [0.3, 0.4) is 0 Å². The minimum Gasteiger partial charge on any atom is -0.507 e. The van der Waals surface area contributed by atoms with Crippen molar-refractivity contribution in [3.63, 3.8) is 0 Å². The highest BCUT2D eigenvalue weighted by Gasteiger charge is 2.47. The molecule has 6 nitrogen and oxygen atoms in total. The number of ether oxygens (including phenoxy) is 2. The second kappa shape index (κ2) is 8.65. The van der Waals surface area contributed by atoms with Crippen molar-refractivity contribution in [2.45, 2.75) is 12.6 Å². The third kappa shape index (κ3) is 3.68. The average Bonchev–Trinajstić information content (AvgIpc) is 3.41. The van der Waals surface area contributed by atoms with Crippen LogP contribution in [-0.2, 0) is 16.1 Å². The molecule has 1 aliphatic heterocycles. The molecule has 158 valence electrons. The van der Waals surface area contributed by atoms with Crippen LogP contribution in [0.5, 0.6) is 11.5 Å². The molecule has 1 aromatic heterocycles. The highest BCUT2D eigenvalue weighted by atomic mass is 32.1. The number of benzene rings is 2. The molecule has 2 heterocycles. The number of Topliss-reactive ketones (excluding diaryl/α,β-unsaturated/α-hetero) is 1. The summed E-state index contributed by atoms with van der Waals surface area (Å²) in [7, 11) is 3.03. The van der Waals surface area contributed by atoms with E-state index in [1.165, 1.54) is 30.5 Å². The van der Waals surface area contributed by atoms with Gasteiger partial charge < -0.3 is 19.5 Å². The van der Waals surface area contributed by atoms with E-state index in [9.17, 15) is 14.7 Å². The fraction of sp³-hybridized carbons (Fsp3) is 0.167. The van der Waals surface area contributed by atoms with Crippen LogP contribution in [0.15, 0.2) is 71.6 Å². The number of aliphatic hydroxyl groups excluding tert-OH is 1. The van der Waals surface area contributed by atoms with Crippen LogP contribution in [0, 0.1) is 0 Å². The number of methoxy groups -OCH3 is 2. The predicted octanol–water partition coefficient (Wildman–Crippen LogP) is 4.39. The van der Waals surface area contributed by atoms with Crippen LogP contribution in [0.25, 0.3) is 5.76 Å². The van der Waals surface area contributed by atoms with Crippen LogP contribution in [0.1, 0.15) is 22.0 Å². The lowest BCUT2D eigenvalue weighted by Crippen LogP contribution is -2.29. The zero-order valence-electron chi connectivity index (χ0n) is 17.1.